The van der Waals surface area contributed by atoms with E-state index in [2.05, 4.69) is 24.8 Å². The molecular weight excluding hydrogens is 248 g/mol. The van der Waals surface area contributed by atoms with Crippen molar-refractivity contribution in [2.24, 2.45) is 11.8 Å². The number of rotatable bonds is 3. The van der Waals surface area contributed by atoms with E-state index in [4.69, 9.17) is 5.26 Å². The lowest BCUT2D eigenvalue weighted by atomic mass is 9.86. The minimum atomic E-state index is -0.499. The van der Waals surface area contributed by atoms with Crippen LogP contribution in [0.2, 0.25) is 0 Å². The Kier molecular flexibility index (Phi) is 4.67. The van der Waals surface area contributed by atoms with E-state index in [9.17, 15) is 5.11 Å². The molecular formula is C17H24N2O. The Bertz CT molecular complexity index is 494. The molecule has 0 spiro atoms. The third kappa shape index (κ3) is 3.13. The van der Waals surface area contributed by atoms with Crippen LogP contribution >= 0.6 is 0 Å². The predicted molar refractivity (Wildman–Crippen MR) is 81.6 cm³/mol. The first kappa shape index (κ1) is 14.9. The quantitative estimate of drug-likeness (QED) is 0.916. The van der Waals surface area contributed by atoms with Crippen LogP contribution in [0, 0.1) is 23.2 Å². The largest absolute Gasteiger partial charge is 0.389 e. The fourth-order valence-electron chi connectivity index (χ4n) is 3.05. The second-order valence-electron chi connectivity index (χ2n) is 6.13. The number of hydrogen-bond donors (Lipinski definition) is 1. The third-order valence-corrected chi connectivity index (χ3v) is 4.43. The van der Waals surface area contributed by atoms with Gasteiger partial charge in [0.2, 0.25) is 0 Å². The van der Waals surface area contributed by atoms with Gasteiger partial charge in [-0.1, -0.05) is 19.9 Å². The first-order valence-corrected chi connectivity index (χ1v) is 7.50. The lowest BCUT2D eigenvalue weighted by Crippen LogP contribution is -2.36. The number of nitriles is 1. The molecule has 0 amide bonds. The number of aliphatic hydroxyl groups excluding tert-OH is 1. The molecule has 20 heavy (non-hydrogen) atoms. The highest BCUT2D eigenvalue weighted by Crippen LogP contribution is 2.32. The molecule has 0 saturated carbocycles. The fraction of sp³-hybridized carbons (Fsp3) is 0.588. The zero-order valence-electron chi connectivity index (χ0n) is 12.6. The molecule has 3 nitrogen and oxygen atoms in total. The second-order valence-corrected chi connectivity index (χ2v) is 6.13. The van der Waals surface area contributed by atoms with Crippen LogP contribution in [0.3, 0.4) is 0 Å². The molecule has 1 fully saturated rings. The van der Waals surface area contributed by atoms with Gasteiger partial charge in [-0.15, -0.1) is 0 Å². The van der Waals surface area contributed by atoms with Gasteiger partial charge in [0.1, 0.15) is 0 Å². The van der Waals surface area contributed by atoms with Crippen LogP contribution in [0.5, 0.6) is 0 Å². The molecule has 0 aliphatic carbocycles. The maximum absolute atomic E-state index is 9.93. The van der Waals surface area contributed by atoms with E-state index in [1.807, 2.05) is 12.1 Å². The molecule has 3 heteroatoms. The van der Waals surface area contributed by atoms with Crippen molar-refractivity contribution in [2.75, 3.05) is 18.0 Å². The summed E-state index contributed by atoms with van der Waals surface area (Å²) < 4.78 is 0. The van der Waals surface area contributed by atoms with Crippen molar-refractivity contribution >= 4 is 5.69 Å². The summed E-state index contributed by atoms with van der Waals surface area (Å²) in [5, 5.41) is 19.0. The summed E-state index contributed by atoms with van der Waals surface area (Å²) in [4.78, 5) is 2.32. The normalized spacial score (nSPS) is 18.1. The van der Waals surface area contributed by atoms with Crippen LogP contribution in [-0.4, -0.2) is 18.2 Å². The van der Waals surface area contributed by atoms with Gasteiger partial charge in [0.15, 0.2) is 0 Å². The third-order valence-electron chi connectivity index (χ3n) is 4.43. The smallest absolute Gasteiger partial charge is 0.0992 e. The van der Waals surface area contributed by atoms with Crippen molar-refractivity contribution in [3.05, 3.63) is 29.3 Å². The number of nitrogens with zero attached hydrogens (tertiary/aromatic N) is 2. The van der Waals surface area contributed by atoms with E-state index < -0.39 is 6.10 Å². The highest BCUT2D eigenvalue weighted by atomic mass is 16.3. The Morgan fingerprint density at radius 3 is 2.40 bits per heavy atom. The summed E-state index contributed by atoms with van der Waals surface area (Å²) in [6, 6.07) is 7.77. The Labute approximate surface area is 121 Å². The zero-order chi connectivity index (χ0) is 14.7. The van der Waals surface area contributed by atoms with Crippen LogP contribution < -0.4 is 4.90 Å². The van der Waals surface area contributed by atoms with Gasteiger partial charge in [-0.2, -0.15) is 5.26 Å². The van der Waals surface area contributed by atoms with Crippen molar-refractivity contribution in [1.82, 2.24) is 0 Å². The Balaban J connectivity index is 2.22. The van der Waals surface area contributed by atoms with E-state index in [-0.39, 0.29) is 0 Å². The van der Waals surface area contributed by atoms with Gasteiger partial charge >= 0.3 is 0 Å². The van der Waals surface area contributed by atoms with Crippen LogP contribution in [0.4, 0.5) is 5.69 Å². The average Bonchev–Trinajstić information content (AvgIpc) is 2.46. The molecule has 1 heterocycles. The minimum Gasteiger partial charge on any atom is -0.389 e. The van der Waals surface area contributed by atoms with Gasteiger partial charge in [-0.25, -0.2) is 0 Å². The lowest BCUT2D eigenvalue weighted by Gasteiger charge is -2.36. The average molecular weight is 272 g/mol. The van der Waals surface area contributed by atoms with Gasteiger partial charge in [-0.05, 0) is 43.7 Å². The Hall–Kier alpha value is -1.53. The van der Waals surface area contributed by atoms with E-state index in [0.717, 1.165) is 36.2 Å². The molecule has 0 radical (unpaired) electrons. The summed E-state index contributed by atoms with van der Waals surface area (Å²) >= 11 is 0. The summed E-state index contributed by atoms with van der Waals surface area (Å²) in [6.45, 7) is 8.39. The monoisotopic (exact) mass is 272 g/mol. The van der Waals surface area contributed by atoms with Gasteiger partial charge < -0.3 is 10.0 Å². The van der Waals surface area contributed by atoms with E-state index in [1.54, 1.807) is 13.0 Å². The van der Waals surface area contributed by atoms with Crippen molar-refractivity contribution < 1.29 is 5.11 Å². The van der Waals surface area contributed by atoms with Crippen LogP contribution in [0.15, 0.2) is 18.2 Å². The molecule has 0 unspecified atom stereocenters. The summed E-state index contributed by atoms with van der Waals surface area (Å²) in [7, 11) is 0. The molecule has 2 rings (SSSR count). The van der Waals surface area contributed by atoms with E-state index in [0.29, 0.717) is 5.56 Å². The van der Waals surface area contributed by atoms with E-state index >= 15 is 0 Å². The maximum atomic E-state index is 9.93. The number of anilines is 1. The maximum Gasteiger partial charge on any atom is 0.0992 e. The Morgan fingerprint density at radius 2 is 1.90 bits per heavy atom. The van der Waals surface area contributed by atoms with Gasteiger partial charge in [0.25, 0.3) is 0 Å². The van der Waals surface area contributed by atoms with Crippen molar-refractivity contribution in [3.8, 4) is 6.07 Å². The molecule has 0 aromatic heterocycles. The van der Waals surface area contributed by atoms with E-state index in [1.165, 1.54) is 12.8 Å². The van der Waals surface area contributed by atoms with Crippen molar-refractivity contribution in [1.29, 1.82) is 5.26 Å². The SMILES string of the molecule is CC(C)C1CCN(c2cc(C#N)ccc2[C@H](C)O)CC1. The molecule has 1 atom stereocenters. The molecule has 1 aliphatic heterocycles. The zero-order valence-corrected chi connectivity index (χ0v) is 12.6. The molecule has 1 aromatic carbocycles. The fourth-order valence-corrected chi connectivity index (χ4v) is 3.05. The number of aliphatic hydroxyl groups is 1. The van der Waals surface area contributed by atoms with Crippen LogP contribution in [0.25, 0.3) is 0 Å². The first-order valence-electron chi connectivity index (χ1n) is 7.50. The molecule has 1 aromatic rings. The molecule has 1 N–H and O–H groups in total. The van der Waals surface area contributed by atoms with Crippen LogP contribution in [0.1, 0.15) is 50.8 Å². The molecule has 1 aliphatic rings. The molecule has 0 bridgehead atoms. The summed E-state index contributed by atoms with van der Waals surface area (Å²) in [6.07, 6.45) is 1.88. The van der Waals surface area contributed by atoms with Gasteiger partial charge in [-0.3, -0.25) is 0 Å². The highest BCUT2D eigenvalue weighted by Gasteiger charge is 2.24. The standard InChI is InChI=1S/C17H24N2O/c1-12(2)15-6-8-19(9-7-15)17-10-14(11-18)4-5-16(17)13(3)20/h4-5,10,12-13,15,20H,6-9H2,1-3H3/t13-/m0/s1. The predicted octanol–water partition coefficient (Wildman–Crippen LogP) is 3.48. The second kappa shape index (κ2) is 6.28. The highest BCUT2D eigenvalue weighted by molar-refractivity contribution is 5.58. The summed E-state index contributed by atoms with van der Waals surface area (Å²) in [5.41, 5.74) is 2.61. The minimum absolute atomic E-state index is 0.499. The molecule has 1 saturated heterocycles. The lowest BCUT2D eigenvalue weighted by molar-refractivity contribution is 0.199. The number of piperidine rings is 1. The van der Waals surface area contributed by atoms with Gasteiger partial charge in [0, 0.05) is 24.3 Å². The van der Waals surface area contributed by atoms with Gasteiger partial charge in [0.05, 0.1) is 17.7 Å². The molecule has 108 valence electrons. The van der Waals surface area contributed by atoms with Crippen LogP contribution in [-0.2, 0) is 0 Å². The van der Waals surface area contributed by atoms with Crippen molar-refractivity contribution in [3.63, 3.8) is 0 Å². The number of hydrogen-bond acceptors (Lipinski definition) is 3. The topological polar surface area (TPSA) is 47.3 Å². The summed E-state index contributed by atoms with van der Waals surface area (Å²) in [5.74, 6) is 1.53. The first-order chi connectivity index (χ1) is 9.52. The number of benzene rings is 1. The Morgan fingerprint density at radius 1 is 1.25 bits per heavy atom. The van der Waals surface area contributed by atoms with Crippen molar-refractivity contribution in [2.45, 2.75) is 39.7 Å².